The molecule has 0 radical (unpaired) electrons. The van der Waals surface area contributed by atoms with Gasteiger partial charge in [0.05, 0.1) is 6.61 Å². The van der Waals surface area contributed by atoms with E-state index in [4.69, 9.17) is 4.74 Å². The van der Waals surface area contributed by atoms with Crippen LogP contribution in [0, 0.1) is 6.92 Å². The number of ether oxygens (including phenoxy) is 1. The summed E-state index contributed by atoms with van der Waals surface area (Å²) in [6.45, 7) is 7.93. The van der Waals surface area contributed by atoms with Crippen LogP contribution < -0.4 is 5.32 Å². The molecule has 0 amide bonds. The van der Waals surface area contributed by atoms with Crippen molar-refractivity contribution in [3.8, 4) is 5.75 Å². The zero-order valence-electron chi connectivity index (χ0n) is 13.4. The van der Waals surface area contributed by atoms with Crippen molar-refractivity contribution in [3.05, 3.63) is 29.3 Å². The van der Waals surface area contributed by atoms with Crippen molar-refractivity contribution in [1.82, 2.24) is 10.2 Å². The van der Waals surface area contributed by atoms with Gasteiger partial charge in [0, 0.05) is 37.8 Å². The molecule has 2 N–H and O–H groups in total. The van der Waals surface area contributed by atoms with E-state index < -0.39 is 0 Å². The van der Waals surface area contributed by atoms with E-state index in [1.807, 2.05) is 6.07 Å². The molecule has 2 unspecified atom stereocenters. The highest BCUT2D eigenvalue weighted by atomic mass is 16.5. The third kappa shape index (κ3) is 4.43. The normalized spacial score (nSPS) is 20.1. The summed E-state index contributed by atoms with van der Waals surface area (Å²) in [5.41, 5.74) is 2.18. The molecular formula is C17H28N2O2. The van der Waals surface area contributed by atoms with Crippen molar-refractivity contribution in [3.63, 3.8) is 0 Å². The lowest BCUT2D eigenvalue weighted by molar-refractivity contribution is 0.117. The highest BCUT2D eigenvalue weighted by molar-refractivity contribution is 5.37. The van der Waals surface area contributed by atoms with Crippen LogP contribution in [0.2, 0.25) is 0 Å². The van der Waals surface area contributed by atoms with Crippen molar-refractivity contribution in [1.29, 1.82) is 0 Å². The first-order valence-electron chi connectivity index (χ1n) is 7.87. The maximum absolute atomic E-state index is 10.2. The smallest absolute Gasteiger partial charge is 0.120 e. The van der Waals surface area contributed by atoms with E-state index in [0.717, 1.165) is 25.2 Å². The van der Waals surface area contributed by atoms with Gasteiger partial charge in [-0.1, -0.05) is 17.7 Å². The van der Waals surface area contributed by atoms with Gasteiger partial charge in [-0.15, -0.1) is 0 Å². The second-order valence-electron chi connectivity index (χ2n) is 6.02. The zero-order valence-corrected chi connectivity index (χ0v) is 13.4. The summed E-state index contributed by atoms with van der Waals surface area (Å²) < 4.78 is 5.25. The molecule has 2 rings (SSSR count). The van der Waals surface area contributed by atoms with Gasteiger partial charge in [-0.3, -0.25) is 4.90 Å². The fourth-order valence-electron chi connectivity index (χ4n) is 3.05. The number of rotatable bonds is 7. The molecule has 1 heterocycles. The molecule has 21 heavy (non-hydrogen) atoms. The summed E-state index contributed by atoms with van der Waals surface area (Å²) in [7, 11) is 1.74. The molecule has 1 aromatic carbocycles. The third-order valence-corrected chi connectivity index (χ3v) is 4.38. The number of aromatic hydroxyl groups is 1. The number of hydrogen-bond acceptors (Lipinski definition) is 4. The van der Waals surface area contributed by atoms with Crippen LogP contribution in [0.3, 0.4) is 0 Å². The predicted octanol–water partition coefficient (Wildman–Crippen LogP) is 2.46. The minimum absolute atomic E-state index is 0.183. The summed E-state index contributed by atoms with van der Waals surface area (Å²) in [6.07, 6.45) is 2.49. The van der Waals surface area contributed by atoms with E-state index >= 15 is 0 Å². The number of phenolic OH excluding ortho intramolecular Hbond substituents is 1. The van der Waals surface area contributed by atoms with Crippen LogP contribution in [0.5, 0.6) is 5.75 Å². The Hall–Kier alpha value is -1.10. The first kappa shape index (κ1) is 16.3. The summed E-state index contributed by atoms with van der Waals surface area (Å²) in [6, 6.07) is 6.56. The SMILES string of the molecule is COCCN(CC1CCCN1)C(C)c1cc(C)ccc1O. The molecule has 1 saturated heterocycles. The van der Waals surface area contributed by atoms with E-state index in [0.29, 0.717) is 18.4 Å². The molecule has 2 atom stereocenters. The predicted molar refractivity (Wildman–Crippen MR) is 85.7 cm³/mol. The zero-order chi connectivity index (χ0) is 15.2. The molecule has 118 valence electrons. The van der Waals surface area contributed by atoms with E-state index in [-0.39, 0.29) is 6.04 Å². The maximum Gasteiger partial charge on any atom is 0.120 e. The lowest BCUT2D eigenvalue weighted by Gasteiger charge is -2.32. The molecule has 1 fully saturated rings. The Balaban J connectivity index is 2.11. The second-order valence-corrected chi connectivity index (χ2v) is 6.02. The van der Waals surface area contributed by atoms with Gasteiger partial charge in [0.2, 0.25) is 0 Å². The van der Waals surface area contributed by atoms with E-state index in [1.54, 1.807) is 13.2 Å². The van der Waals surface area contributed by atoms with Crippen LogP contribution in [0.25, 0.3) is 0 Å². The molecule has 0 saturated carbocycles. The molecule has 0 spiro atoms. The van der Waals surface area contributed by atoms with Crippen molar-refractivity contribution < 1.29 is 9.84 Å². The molecule has 1 aliphatic heterocycles. The average Bonchev–Trinajstić information content (AvgIpc) is 2.98. The first-order chi connectivity index (χ1) is 10.1. The number of nitrogens with one attached hydrogen (secondary N) is 1. The van der Waals surface area contributed by atoms with E-state index in [9.17, 15) is 5.11 Å². The number of aryl methyl sites for hydroxylation is 1. The topological polar surface area (TPSA) is 44.7 Å². The lowest BCUT2D eigenvalue weighted by atomic mass is 10.0. The van der Waals surface area contributed by atoms with Crippen LogP contribution in [0.15, 0.2) is 18.2 Å². The number of hydrogen-bond donors (Lipinski definition) is 2. The van der Waals surface area contributed by atoms with Crippen LogP contribution in [-0.4, -0.2) is 49.4 Å². The summed E-state index contributed by atoms with van der Waals surface area (Å²) in [5.74, 6) is 0.384. The van der Waals surface area contributed by atoms with Gasteiger partial charge in [-0.2, -0.15) is 0 Å². The molecule has 0 aromatic heterocycles. The Morgan fingerprint density at radius 2 is 2.29 bits per heavy atom. The van der Waals surface area contributed by atoms with Gasteiger partial charge >= 0.3 is 0 Å². The van der Waals surface area contributed by atoms with Crippen molar-refractivity contribution >= 4 is 0 Å². The van der Waals surface area contributed by atoms with Crippen molar-refractivity contribution in [2.24, 2.45) is 0 Å². The molecule has 4 heteroatoms. The molecule has 1 aliphatic rings. The fourth-order valence-corrected chi connectivity index (χ4v) is 3.05. The summed E-state index contributed by atoms with van der Waals surface area (Å²) in [5, 5.41) is 13.7. The van der Waals surface area contributed by atoms with Crippen molar-refractivity contribution in [2.45, 2.75) is 38.8 Å². The third-order valence-electron chi connectivity index (χ3n) is 4.38. The van der Waals surface area contributed by atoms with Crippen LogP contribution >= 0.6 is 0 Å². The molecule has 0 aliphatic carbocycles. The largest absolute Gasteiger partial charge is 0.508 e. The minimum Gasteiger partial charge on any atom is -0.508 e. The van der Waals surface area contributed by atoms with Crippen LogP contribution in [0.4, 0.5) is 0 Å². The second kappa shape index (κ2) is 7.78. The summed E-state index contributed by atoms with van der Waals surface area (Å²) in [4.78, 5) is 2.40. The lowest BCUT2D eigenvalue weighted by Crippen LogP contribution is -2.40. The van der Waals surface area contributed by atoms with Crippen LogP contribution in [0.1, 0.15) is 36.9 Å². The van der Waals surface area contributed by atoms with Gasteiger partial charge in [0.15, 0.2) is 0 Å². The van der Waals surface area contributed by atoms with Gasteiger partial charge in [-0.05, 0) is 39.3 Å². The van der Waals surface area contributed by atoms with Gasteiger partial charge < -0.3 is 15.2 Å². The Morgan fingerprint density at radius 3 is 2.95 bits per heavy atom. The molecule has 4 nitrogen and oxygen atoms in total. The highest BCUT2D eigenvalue weighted by Gasteiger charge is 2.23. The molecule has 0 bridgehead atoms. The Kier molecular flexibility index (Phi) is 6.03. The number of phenols is 1. The fraction of sp³-hybridized carbons (Fsp3) is 0.647. The molecular weight excluding hydrogens is 264 g/mol. The Labute approximate surface area is 128 Å². The minimum atomic E-state index is 0.183. The first-order valence-corrected chi connectivity index (χ1v) is 7.87. The standard InChI is InChI=1S/C17H28N2O2/c1-13-6-7-17(20)16(11-13)14(2)19(9-10-21-3)12-15-5-4-8-18-15/h6-7,11,14-15,18,20H,4-5,8-10,12H2,1-3H3. The molecule has 1 aromatic rings. The summed E-state index contributed by atoms with van der Waals surface area (Å²) >= 11 is 0. The average molecular weight is 292 g/mol. The van der Waals surface area contributed by atoms with Crippen molar-refractivity contribution in [2.75, 3.05) is 33.4 Å². The monoisotopic (exact) mass is 292 g/mol. The van der Waals surface area contributed by atoms with Gasteiger partial charge in [0.25, 0.3) is 0 Å². The maximum atomic E-state index is 10.2. The van der Waals surface area contributed by atoms with E-state index in [2.05, 4.69) is 30.1 Å². The number of methoxy groups -OCH3 is 1. The Bertz CT molecular complexity index is 444. The number of benzene rings is 1. The van der Waals surface area contributed by atoms with Gasteiger partial charge in [0.1, 0.15) is 5.75 Å². The highest BCUT2D eigenvalue weighted by Crippen LogP contribution is 2.29. The number of nitrogens with zero attached hydrogens (tertiary/aromatic N) is 1. The van der Waals surface area contributed by atoms with Crippen LogP contribution in [-0.2, 0) is 4.74 Å². The van der Waals surface area contributed by atoms with Gasteiger partial charge in [-0.25, -0.2) is 0 Å². The van der Waals surface area contributed by atoms with E-state index in [1.165, 1.54) is 18.4 Å². The Morgan fingerprint density at radius 1 is 1.48 bits per heavy atom. The quantitative estimate of drug-likeness (QED) is 0.810.